The van der Waals surface area contributed by atoms with Crippen molar-refractivity contribution in [3.63, 3.8) is 0 Å². The fourth-order valence-electron chi connectivity index (χ4n) is 1.49. The average molecular weight is 287 g/mol. The molecule has 98 valence electrons. The molecule has 1 aromatic carbocycles. The summed E-state index contributed by atoms with van der Waals surface area (Å²) in [5, 5.41) is 0. The zero-order valence-electron chi connectivity index (χ0n) is 10.4. The van der Waals surface area contributed by atoms with Crippen molar-refractivity contribution >= 4 is 35.1 Å². The van der Waals surface area contributed by atoms with E-state index in [1.807, 2.05) is 6.26 Å². The van der Waals surface area contributed by atoms with Crippen LogP contribution < -0.4 is 0 Å². The Morgan fingerprint density at radius 1 is 1.39 bits per heavy atom. The summed E-state index contributed by atoms with van der Waals surface area (Å²) in [5.74, 6) is -0.369. The summed E-state index contributed by atoms with van der Waals surface area (Å²) in [4.78, 5) is 23.8. The first-order valence-corrected chi connectivity index (χ1v) is 7.30. The molecule has 0 aliphatic heterocycles. The fourth-order valence-corrected chi connectivity index (χ4v) is 2.23. The van der Waals surface area contributed by atoms with Crippen LogP contribution in [-0.4, -0.2) is 30.5 Å². The topological polar surface area (TPSA) is 43.4 Å². The second kappa shape index (κ2) is 7.44. The Balaban J connectivity index is 2.96. The van der Waals surface area contributed by atoms with Crippen molar-refractivity contribution in [2.24, 2.45) is 0 Å². The van der Waals surface area contributed by atoms with Gasteiger partial charge < -0.3 is 4.74 Å². The molecule has 0 N–H and O–H groups in total. The summed E-state index contributed by atoms with van der Waals surface area (Å²) in [5.41, 5.74) is 1.39. The number of benzene rings is 1. The van der Waals surface area contributed by atoms with Crippen LogP contribution >= 0.6 is 23.4 Å². The van der Waals surface area contributed by atoms with Gasteiger partial charge in [0.2, 0.25) is 0 Å². The smallest absolute Gasteiger partial charge is 0.338 e. The van der Waals surface area contributed by atoms with Crippen LogP contribution in [-0.2, 0) is 16.0 Å². The van der Waals surface area contributed by atoms with Crippen molar-refractivity contribution in [2.45, 2.75) is 18.2 Å². The van der Waals surface area contributed by atoms with Gasteiger partial charge in [-0.15, -0.1) is 23.4 Å². The summed E-state index contributed by atoms with van der Waals surface area (Å²) in [6, 6.07) is 5.20. The van der Waals surface area contributed by atoms with E-state index in [4.69, 9.17) is 16.3 Å². The first kappa shape index (κ1) is 15.1. The number of rotatable bonds is 6. The lowest BCUT2D eigenvalue weighted by Crippen LogP contribution is -2.08. The Labute approximate surface area is 116 Å². The molecule has 0 aromatic heterocycles. The van der Waals surface area contributed by atoms with E-state index in [0.29, 0.717) is 18.6 Å². The molecule has 3 nitrogen and oxygen atoms in total. The van der Waals surface area contributed by atoms with Gasteiger partial charge in [0, 0.05) is 11.3 Å². The van der Waals surface area contributed by atoms with Crippen molar-refractivity contribution < 1.29 is 14.3 Å². The number of hydrogen-bond acceptors (Lipinski definition) is 4. The molecule has 0 bridgehead atoms. The second-order valence-electron chi connectivity index (χ2n) is 3.60. The Bertz CT molecular complexity index is 446. The number of esters is 1. The van der Waals surface area contributed by atoms with Crippen molar-refractivity contribution in [1.29, 1.82) is 0 Å². The van der Waals surface area contributed by atoms with Crippen molar-refractivity contribution in [1.82, 2.24) is 0 Å². The van der Waals surface area contributed by atoms with Crippen molar-refractivity contribution in [2.75, 3.05) is 18.7 Å². The maximum Gasteiger partial charge on any atom is 0.338 e. The van der Waals surface area contributed by atoms with Gasteiger partial charge in [-0.05, 0) is 30.9 Å². The van der Waals surface area contributed by atoms with Crippen LogP contribution in [0, 0.1) is 0 Å². The highest BCUT2D eigenvalue weighted by Gasteiger charge is 2.12. The van der Waals surface area contributed by atoms with Crippen LogP contribution in [0.3, 0.4) is 0 Å². The van der Waals surface area contributed by atoms with E-state index < -0.39 is 0 Å². The minimum Gasteiger partial charge on any atom is -0.462 e. The number of Topliss-reactive ketones (excluding diaryl/α,β-unsaturated/α-hetero) is 1. The van der Waals surface area contributed by atoms with Gasteiger partial charge in [0.1, 0.15) is 0 Å². The summed E-state index contributed by atoms with van der Waals surface area (Å²) >= 11 is 6.98. The van der Waals surface area contributed by atoms with Gasteiger partial charge in [0.15, 0.2) is 5.78 Å². The second-order valence-corrected chi connectivity index (χ2v) is 4.71. The summed E-state index contributed by atoms with van der Waals surface area (Å²) < 4.78 is 4.93. The third-order valence-electron chi connectivity index (χ3n) is 2.33. The van der Waals surface area contributed by atoms with Gasteiger partial charge in [-0.25, -0.2) is 4.79 Å². The molecule has 0 atom stereocenters. The van der Waals surface area contributed by atoms with Gasteiger partial charge in [-0.2, -0.15) is 0 Å². The lowest BCUT2D eigenvalue weighted by atomic mass is 10.1. The zero-order valence-corrected chi connectivity index (χ0v) is 11.9. The van der Waals surface area contributed by atoms with E-state index in [-0.39, 0.29) is 17.6 Å². The maximum atomic E-state index is 11.6. The van der Waals surface area contributed by atoms with E-state index in [9.17, 15) is 9.59 Å². The van der Waals surface area contributed by atoms with Crippen LogP contribution in [0.4, 0.5) is 0 Å². The molecule has 0 fully saturated rings. The molecular formula is C13H15ClO3S. The largest absolute Gasteiger partial charge is 0.462 e. The number of hydrogen-bond donors (Lipinski definition) is 0. The predicted molar refractivity (Wildman–Crippen MR) is 73.6 cm³/mol. The number of halogens is 1. The van der Waals surface area contributed by atoms with Gasteiger partial charge in [-0.1, -0.05) is 6.07 Å². The van der Waals surface area contributed by atoms with E-state index in [2.05, 4.69) is 0 Å². The van der Waals surface area contributed by atoms with Crippen LogP contribution in [0.15, 0.2) is 23.1 Å². The first-order valence-electron chi connectivity index (χ1n) is 5.54. The predicted octanol–water partition coefficient (Wildman–Crippen LogP) is 2.94. The van der Waals surface area contributed by atoms with Crippen LogP contribution in [0.25, 0.3) is 0 Å². The molecule has 0 aliphatic carbocycles. The Morgan fingerprint density at radius 3 is 2.67 bits per heavy atom. The molecule has 0 aliphatic rings. The van der Waals surface area contributed by atoms with E-state index in [0.717, 1.165) is 10.5 Å². The molecule has 0 saturated carbocycles. The summed E-state index contributed by atoms with van der Waals surface area (Å²) in [7, 11) is 0. The lowest BCUT2D eigenvalue weighted by molar-refractivity contribution is -0.116. The molecule has 0 amide bonds. The summed E-state index contributed by atoms with van der Waals surface area (Å²) in [6.07, 6.45) is 2.20. The van der Waals surface area contributed by atoms with Gasteiger partial charge in [0.05, 0.1) is 18.1 Å². The minimum absolute atomic E-state index is 0.00739. The SMILES string of the molecule is CCOC(=O)c1ccc(CC(=O)CCl)c(SC)c1. The van der Waals surface area contributed by atoms with E-state index >= 15 is 0 Å². The van der Waals surface area contributed by atoms with E-state index in [1.165, 1.54) is 11.8 Å². The molecule has 0 spiro atoms. The standard InChI is InChI=1S/C13H15ClO3S/c1-3-17-13(16)10-5-4-9(6-11(15)8-14)12(7-10)18-2/h4-5,7H,3,6,8H2,1-2H3. The quantitative estimate of drug-likeness (QED) is 0.458. The molecule has 0 radical (unpaired) electrons. The lowest BCUT2D eigenvalue weighted by Gasteiger charge is -2.08. The molecule has 1 rings (SSSR count). The Hall–Kier alpha value is -1.00. The third kappa shape index (κ3) is 4.03. The minimum atomic E-state index is -0.344. The van der Waals surface area contributed by atoms with Gasteiger partial charge >= 0.3 is 5.97 Å². The Morgan fingerprint density at radius 2 is 2.11 bits per heavy atom. The highest BCUT2D eigenvalue weighted by atomic mass is 35.5. The number of carbonyl (C=O) groups excluding carboxylic acids is 2. The molecule has 1 aromatic rings. The number of thioether (sulfide) groups is 1. The van der Waals surface area contributed by atoms with Crippen LogP contribution in [0.2, 0.25) is 0 Å². The molecule has 0 heterocycles. The molecule has 0 saturated heterocycles. The monoisotopic (exact) mass is 286 g/mol. The van der Waals surface area contributed by atoms with Crippen LogP contribution in [0.5, 0.6) is 0 Å². The highest BCUT2D eigenvalue weighted by molar-refractivity contribution is 7.98. The van der Waals surface area contributed by atoms with E-state index in [1.54, 1.807) is 25.1 Å². The summed E-state index contributed by atoms with van der Waals surface area (Å²) in [6.45, 7) is 2.11. The van der Waals surface area contributed by atoms with Crippen LogP contribution in [0.1, 0.15) is 22.8 Å². The normalized spacial score (nSPS) is 10.2. The highest BCUT2D eigenvalue weighted by Crippen LogP contribution is 2.23. The number of alkyl halides is 1. The maximum absolute atomic E-state index is 11.6. The van der Waals surface area contributed by atoms with Gasteiger partial charge in [0.25, 0.3) is 0 Å². The third-order valence-corrected chi connectivity index (χ3v) is 3.45. The van der Waals surface area contributed by atoms with Gasteiger partial charge in [-0.3, -0.25) is 4.79 Å². The average Bonchev–Trinajstić information content (AvgIpc) is 2.39. The van der Waals surface area contributed by atoms with Crippen molar-refractivity contribution in [3.05, 3.63) is 29.3 Å². The fraction of sp³-hybridized carbons (Fsp3) is 0.385. The number of ketones is 1. The van der Waals surface area contributed by atoms with Crippen molar-refractivity contribution in [3.8, 4) is 0 Å². The molecular weight excluding hydrogens is 272 g/mol. The molecule has 0 unspecified atom stereocenters. The number of carbonyl (C=O) groups is 2. The first-order chi connectivity index (χ1) is 8.62. The number of ether oxygens (including phenoxy) is 1. The Kier molecular flexibility index (Phi) is 6.22. The molecule has 5 heteroatoms. The molecule has 18 heavy (non-hydrogen) atoms. The zero-order chi connectivity index (χ0) is 13.5.